The molecule has 7 nitrogen and oxygen atoms in total. The molecule has 1 aromatic carbocycles. The summed E-state index contributed by atoms with van der Waals surface area (Å²) in [4.78, 5) is 23.0. The molecule has 1 aliphatic rings. The standard InChI is InChI=1S/C24H26N6O/c1-15-4-5-20(12-21(15)23-16(2)26-17(3)27-23)24(31)29-9-6-18(7-10-29)19-8-11-30-14-25-28-22(30)13-19/h4-5,8,11-14,18H,6-7,9-10H2,1-3H3,(H,26,27). The number of hydrogen-bond donors (Lipinski definition) is 1. The number of pyridine rings is 1. The van der Waals surface area contributed by atoms with E-state index < -0.39 is 0 Å². The highest BCUT2D eigenvalue weighted by Gasteiger charge is 2.25. The number of nitrogens with one attached hydrogen (secondary N) is 1. The van der Waals surface area contributed by atoms with Crippen LogP contribution in [0.15, 0.2) is 42.9 Å². The maximum Gasteiger partial charge on any atom is 0.253 e. The fourth-order valence-corrected chi connectivity index (χ4v) is 4.58. The van der Waals surface area contributed by atoms with E-state index in [1.54, 1.807) is 6.33 Å². The molecule has 3 aromatic heterocycles. The van der Waals surface area contributed by atoms with Gasteiger partial charge in [0.2, 0.25) is 0 Å². The molecule has 1 fully saturated rings. The molecular formula is C24H26N6O. The predicted molar refractivity (Wildman–Crippen MR) is 119 cm³/mol. The summed E-state index contributed by atoms with van der Waals surface area (Å²) < 4.78 is 1.92. The lowest BCUT2D eigenvalue weighted by atomic mass is 9.89. The first-order valence-corrected chi connectivity index (χ1v) is 10.7. The summed E-state index contributed by atoms with van der Waals surface area (Å²) in [6.07, 6.45) is 5.62. The Bertz CT molecular complexity index is 1260. The number of likely N-dealkylation sites (tertiary alicyclic amines) is 1. The minimum Gasteiger partial charge on any atom is -0.342 e. The second-order valence-corrected chi connectivity index (χ2v) is 8.44. The van der Waals surface area contributed by atoms with Gasteiger partial charge >= 0.3 is 0 Å². The van der Waals surface area contributed by atoms with Gasteiger partial charge in [0.25, 0.3) is 5.91 Å². The summed E-state index contributed by atoms with van der Waals surface area (Å²) in [7, 11) is 0. The number of imidazole rings is 1. The SMILES string of the molecule is Cc1nc(C)c(-c2cc(C(=O)N3CCC(c4ccn5cnnc5c4)CC3)ccc2C)[nH]1. The van der Waals surface area contributed by atoms with Gasteiger partial charge in [-0.15, -0.1) is 10.2 Å². The summed E-state index contributed by atoms with van der Waals surface area (Å²) >= 11 is 0. The van der Waals surface area contributed by atoms with E-state index in [9.17, 15) is 4.79 Å². The lowest BCUT2D eigenvalue weighted by Crippen LogP contribution is -2.38. The number of aromatic nitrogens is 5. The maximum atomic E-state index is 13.2. The maximum absolute atomic E-state index is 13.2. The number of hydrogen-bond acceptors (Lipinski definition) is 4. The Morgan fingerprint density at radius 1 is 1.10 bits per heavy atom. The van der Waals surface area contributed by atoms with E-state index in [0.29, 0.717) is 5.92 Å². The van der Waals surface area contributed by atoms with Crippen molar-refractivity contribution in [2.24, 2.45) is 0 Å². The summed E-state index contributed by atoms with van der Waals surface area (Å²) in [6.45, 7) is 7.52. The number of carbonyl (C=O) groups is 1. The molecule has 4 aromatic rings. The van der Waals surface area contributed by atoms with Crippen molar-refractivity contribution in [3.63, 3.8) is 0 Å². The Kier molecular flexibility index (Phi) is 4.81. The molecule has 1 aliphatic heterocycles. The van der Waals surface area contributed by atoms with Crippen molar-refractivity contribution in [3.05, 3.63) is 71.1 Å². The Hall–Kier alpha value is -3.48. The Morgan fingerprint density at radius 3 is 2.65 bits per heavy atom. The largest absolute Gasteiger partial charge is 0.342 e. The number of piperidine rings is 1. The molecule has 31 heavy (non-hydrogen) atoms. The normalized spacial score (nSPS) is 15.0. The van der Waals surface area contributed by atoms with Crippen LogP contribution in [-0.2, 0) is 0 Å². The van der Waals surface area contributed by atoms with Gasteiger partial charge in [0.05, 0.1) is 11.4 Å². The average Bonchev–Trinajstić information content (AvgIpc) is 3.38. The van der Waals surface area contributed by atoms with Crippen molar-refractivity contribution >= 4 is 11.6 Å². The van der Waals surface area contributed by atoms with E-state index in [1.807, 2.05) is 47.5 Å². The summed E-state index contributed by atoms with van der Waals surface area (Å²) in [5.41, 5.74) is 6.99. The van der Waals surface area contributed by atoms with Gasteiger partial charge in [-0.05, 0) is 74.9 Å². The van der Waals surface area contributed by atoms with Gasteiger partial charge in [-0.3, -0.25) is 9.20 Å². The first-order chi connectivity index (χ1) is 15.0. The van der Waals surface area contributed by atoms with Crippen molar-refractivity contribution < 1.29 is 4.79 Å². The van der Waals surface area contributed by atoms with Crippen LogP contribution >= 0.6 is 0 Å². The summed E-state index contributed by atoms with van der Waals surface area (Å²) in [5, 5.41) is 8.10. The lowest BCUT2D eigenvalue weighted by molar-refractivity contribution is 0.0713. The number of aryl methyl sites for hydroxylation is 3. The van der Waals surface area contributed by atoms with Crippen molar-refractivity contribution in [1.29, 1.82) is 0 Å². The van der Waals surface area contributed by atoms with Crippen LogP contribution in [0.1, 0.15) is 51.8 Å². The zero-order valence-electron chi connectivity index (χ0n) is 18.1. The zero-order chi connectivity index (χ0) is 21.5. The second kappa shape index (κ2) is 7.65. The monoisotopic (exact) mass is 414 g/mol. The van der Waals surface area contributed by atoms with Crippen molar-refractivity contribution in [2.75, 3.05) is 13.1 Å². The Morgan fingerprint density at radius 2 is 1.90 bits per heavy atom. The Balaban J connectivity index is 1.32. The molecule has 4 heterocycles. The molecule has 1 amide bonds. The quantitative estimate of drug-likeness (QED) is 0.548. The molecule has 0 atom stereocenters. The van der Waals surface area contributed by atoms with Crippen molar-refractivity contribution in [3.8, 4) is 11.3 Å². The van der Waals surface area contributed by atoms with E-state index in [2.05, 4.69) is 39.2 Å². The molecule has 0 aliphatic carbocycles. The van der Waals surface area contributed by atoms with Gasteiger partial charge in [-0.2, -0.15) is 0 Å². The van der Waals surface area contributed by atoms with E-state index in [4.69, 9.17) is 0 Å². The lowest BCUT2D eigenvalue weighted by Gasteiger charge is -2.32. The topological polar surface area (TPSA) is 79.2 Å². The van der Waals surface area contributed by atoms with Crippen molar-refractivity contribution in [1.82, 2.24) is 29.5 Å². The van der Waals surface area contributed by atoms with E-state index >= 15 is 0 Å². The van der Waals surface area contributed by atoms with Gasteiger partial charge in [0.15, 0.2) is 5.65 Å². The Labute approximate surface area is 181 Å². The number of fused-ring (bicyclic) bond motifs is 1. The molecule has 1 saturated heterocycles. The van der Waals surface area contributed by atoms with Crippen LogP contribution in [0, 0.1) is 20.8 Å². The molecule has 158 valence electrons. The molecule has 0 bridgehead atoms. The smallest absolute Gasteiger partial charge is 0.253 e. The number of H-pyrrole nitrogens is 1. The van der Waals surface area contributed by atoms with Gasteiger partial charge in [-0.1, -0.05) is 6.07 Å². The summed E-state index contributed by atoms with van der Waals surface area (Å²) in [6, 6.07) is 10.2. The van der Waals surface area contributed by atoms with Crippen LogP contribution in [0.4, 0.5) is 0 Å². The van der Waals surface area contributed by atoms with Crippen molar-refractivity contribution in [2.45, 2.75) is 39.5 Å². The third-order valence-electron chi connectivity index (χ3n) is 6.33. The van der Waals surface area contributed by atoms with Crippen LogP contribution < -0.4 is 0 Å². The number of benzene rings is 1. The van der Waals surface area contributed by atoms with Gasteiger partial charge in [0.1, 0.15) is 12.2 Å². The number of aromatic amines is 1. The fraction of sp³-hybridized carbons (Fsp3) is 0.333. The van der Waals surface area contributed by atoms with E-state index in [1.165, 1.54) is 5.56 Å². The zero-order valence-corrected chi connectivity index (χ0v) is 18.1. The van der Waals surface area contributed by atoms with Crippen LogP contribution in [0.3, 0.4) is 0 Å². The highest BCUT2D eigenvalue weighted by molar-refractivity contribution is 5.95. The molecule has 7 heteroatoms. The minimum absolute atomic E-state index is 0.0986. The van der Waals surface area contributed by atoms with Crippen LogP contribution in [-0.4, -0.2) is 48.5 Å². The van der Waals surface area contributed by atoms with Gasteiger partial charge in [-0.25, -0.2) is 4.98 Å². The number of amides is 1. The van der Waals surface area contributed by atoms with Crippen LogP contribution in [0.5, 0.6) is 0 Å². The van der Waals surface area contributed by atoms with E-state index in [0.717, 1.165) is 65.5 Å². The van der Waals surface area contributed by atoms with Gasteiger partial charge in [0, 0.05) is 30.4 Å². The third kappa shape index (κ3) is 3.60. The summed E-state index contributed by atoms with van der Waals surface area (Å²) in [5.74, 6) is 1.42. The first-order valence-electron chi connectivity index (χ1n) is 10.7. The molecule has 0 radical (unpaired) electrons. The molecular weight excluding hydrogens is 388 g/mol. The van der Waals surface area contributed by atoms with E-state index in [-0.39, 0.29) is 5.91 Å². The fourth-order valence-electron chi connectivity index (χ4n) is 4.58. The first kappa shape index (κ1) is 19.5. The average molecular weight is 415 g/mol. The van der Waals surface area contributed by atoms with Crippen LogP contribution in [0.2, 0.25) is 0 Å². The highest BCUT2D eigenvalue weighted by Crippen LogP contribution is 2.30. The molecule has 5 rings (SSSR count). The number of carbonyl (C=O) groups excluding carboxylic acids is 1. The second-order valence-electron chi connectivity index (χ2n) is 8.44. The molecule has 0 saturated carbocycles. The van der Waals surface area contributed by atoms with Crippen LogP contribution in [0.25, 0.3) is 16.9 Å². The molecule has 0 spiro atoms. The number of rotatable bonds is 3. The highest BCUT2D eigenvalue weighted by atomic mass is 16.2. The number of nitrogens with zero attached hydrogens (tertiary/aromatic N) is 5. The van der Waals surface area contributed by atoms with Gasteiger partial charge < -0.3 is 9.88 Å². The molecule has 0 unspecified atom stereocenters. The molecule has 1 N–H and O–H groups in total. The predicted octanol–water partition coefficient (Wildman–Crippen LogP) is 4.06. The third-order valence-corrected chi connectivity index (χ3v) is 6.33. The minimum atomic E-state index is 0.0986.